The molecule has 0 saturated carbocycles. The van der Waals surface area contributed by atoms with Gasteiger partial charge in [0.1, 0.15) is 18.1 Å². The smallest absolute Gasteiger partial charge is 0.408 e. The summed E-state index contributed by atoms with van der Waals surface area (Å²) in [4.78, 5) is 28.6. The molecule has 0 fully saturated rings. The van der Waals surface area contributed by atoms with E-state index in [2.05, 4.69) is 10.3 Å². The van der Waals surface area contributed by atoms with Crippen LogP contribution in [-0.2, 0) is 22.7 Å². The van der Waals surface area contributed by atoms with Crippen LogP contribution in [0.2, 0.25) is 0 Å². The number of pyridine rings is 1. The summed E-state index contributed by atoms with van der Waals surface area (Å²) in [5.74, 6) is -0.449. The topological polar surface area (TPSA) is 72.7 Å². The van der Waals surface area contributed by atoms with E-state index in [4.69, 9.17) is 4.74 Å². The SMILES string of the molecule is C[C@H](NC(=O)OCc1ccccc1)C(=O)N=c1ccccn1Cc1ccccc1. The Hall–Kier alpha value is -3.67. The number of rotatable bonds is 6. The first-order valence-electron chi connectivity index (χ1n) is 9.37. The first-order valence-corrected chi connectivity index (χ1v) is 9.37. The van der Waals surface area contributed by atoms with Crippen LogP contribution in [0, 0.1) is 0 Å². The fraction of sp³-hybridized carbons (Fsp3) is 0.174. The molecule has 2 aromatic carbocycles. The van der Waals surface area contributed by atoms with E-state index < -0.39 is 18.0 Å². The Labute approximate surface area is 169 Å². The second kappa shape index (κ2) is 10.0. The highest BCUT2D eigenvalue weighted by molar-refractivity contribution is 5.85. The molecule has 3 aromatic rings. The molecule has 6 nitrogen and oxygen atoms in total. The maximum atomic E-state index is 12.5. The molecule has 0 aliphatic rings. The second-order valence-corrected chi connectivity index (χ2v) is 6.55. The molecule has 0 radical (unpaired) electrons. The standard InChI is InChI=1S/C23H23N3O3/c1-18(24-23(28)29-17-20-12-6-3-7-13-20)22(27)25-21-14-8-9-15-26(21)16-19-10-4-2-5-11-19/h2-15,18H,16-17H2,1H3,(H,24,28)/t18-/m0/s1. The van der Waals surface area contributed by atoms with Crippen molar-refractivity contribution in [3.63, 3.8) is 0 Å². The highest BCUT2D eigenvalue weighted by atomic mass is 16.5. The summed E-state index contributed by atoms with van der Waals surface area (Å²) in [6, 6.07) is 23.9. The van der Waals surface area contributed by atoms with Gasteiger partial charge in [-0.15, -0.1) is 0 Å². The average Bonchev–Trinajstić information content (AvgIpc) is 2.75. The number of hydrogen-bond donors (Lipinski definition) is 1. The lowest BCUT2D eigenvalue weighted by Crippen LogP contribution is -2.39. The van der Waals surface area contributed by atoms with Gasteiger partial charge in [-0.1, -0.05) is 66.7 Å². The number of ether oxygens (including phenoxy) is 1. The predicted octanol–water partition coefficient (Wildman–Crippen LogP) is 3.28. The van der Waals surface area contributed by atoms with Crippen molar-refractivity contribution in [3.05, 3.63) is 102 Å². The molecule has 29 heavy (non-hydrogen) atoms. The lowest BCUT2D eigenvalue weighted by atomic mass is 10.2. The van der Waals surface area contributed by atoms with Crippen molar-refractivity contribution >= 4 is 12.0 Å². The van der Waals surface area contributed by atoms with Crippen LogP contribution in [0.25, 0.3) is 0 Å². The third-order valence-corrected chi connectivity index (χ3v) is 4.25. The lowest BCUT2D eigenvalue weighted by molar-refractivity contribution is -0.119. The number of benzene rings is 2. The van der Waals surface area contributed by atoms with Crippen LogP contribution < -0.4 is 10.8 Å². The van der Waals surface area contributed by atoms with E-state index in [1.54, 1.807) is 13.0 Å². The average molecular weight is 389 g/mol. The van der Waals surface area contributed by atoms with Gasteiger partial charge in [-0.3, -0.25) is 4.79 Å². The summed E-state index contributed by atoms with van der Waals surface area (Å²) in [7, 11) is 0. The fourth-order valence-electron chi connectivity index (χ4n) is 2.70. The number of amides is 2. The second-order valence-electron chi connectivity index (χ2n) is 6.55. The number of carbonyl (C=O) groups is 2. The number of alkyl carbamates (subject to hydrolysis) is 1. The molecule has 6 heteroatoms. The van der Waals surface area contributed by atoms with Crippen molar-refractivity contribution < 1.29 is 14.3 Å². The number of aromatic nitrogens is 1. The van der Waals surface area contributed by atoms with E-state index in [1.165, 1.54) is 0 Å². The van der Waals surface area contributed by atoms with E-state index in [-0.39, 0.29) is 6.61 Å². The number of carbonyl (C=O) groups excluding carboxylic acids is 2. The van der Waals surface area contributed by atoms with Gasteiger partial charge in [-0.05, 0) is 30.2 Å². The van der Waals surface area contributed by atoms with Crippen LogP contribution in [0.3, 0.4) is 0 Å². The zero-order valence-electron chi connectivity index (χ0n) is 16.2. The van der Waals surface area contributed by atoms with Crippen molar-refractivity contribution in [2.75, 3.05) is 0 Å². The largest absolute Gasteiger partial charge is 0.445 e. The molecule has 1 aromatic heterocycles. The zero-order chi connectivity index (χ0) is 20.5. The summed E-state index contributed by atoms with van der Waals surface area (Å²) < 4.78 is 7.04. The number of nitrogens with one attached hydrogen (secondary N) is 1. The van der Waals surface area contributed by atoms with Gasteiger partial charge in [0.25, 0.3) is 5.91 Å². The fourth-order valence-corrected chi connectivity index (χ4v) is 2.70. The molecule has 3 rings (SSSR count). The summed E-state index contributed by atoms with van der Waals surface area (Å²) in [6.45, 7) is 2.31. The van der Waals surface area contributed by atoms with Crippen molar-refractivity contribution in [3.8, 4) is 0 Å². The lowest BCUT2D eigenvalue weighted by Gasteiger charge is -2.12. The van der Waals surface area contributed by atoms with Gasteiger partial charge in [0, 0.05) is 12.7 Å². The Kier molecular flexibility index (Phi) is 6.95. The number of nitrogens with zero attached hydrogens (tertiary/aromatic N) is 2. The molecule has 0 unspecified atom stereocenters. The van der Waals surface area contributed by atoms with Gasteiger partial charge < -0.3 is 14.6 Å². The van der Waals surface area contributed by atoms with Crippen LogP contribution in [-0.4, -0.2) is 22.6 Å². The quantitative estimate of drug-likeness (QED) is 0.703. The third-order valence-electron chi connectivity index (χ3n) is 4.25. The van der Waals surface area contributed by atoms with Crippen LogP contribution in [0.1, 0.15) is 18.1 Å². The van der Waals surface area contributed by atoms with Gasteiger partial charge >= 0.3 is 6.09 Å². The van der Waals surface area contributed by atoms with Crippen LogP contribution in [0.5, 0.6) is 0 Å². The molecule has 148 valence electrons. The number of hydrogen-bond acceptors (Lipinski definition) is 3. The summed E-state index contributed by atoms with van der Waals surface area (Å²) in [5.41, 5.74) is 2.49. The molecule has 1 N–H and O–H groups in total. The Balaban J connectivity index is 1.62. The van der Waals surface area contributed by atoms with Crippen molar-refractivity contribution in [1.29, 1.82) is 0 Å². The molecule has 0 aliphatic heterocycles. The first kappa shape index (κ1) is 20.1. The summed E-state index contributed by atoms with van der Waals surface area (Å²) >= 11 is 0. The van der Waals surface area contributed by atoms with Crippen molar-refractivity contribution in [1.82, 2.24) is 9.88 Å². The van der Waals surface area contributed by atoms with Gasteiger partial charge in [-0.25, -0.2) is 4.79 Å². The van der Waals surface area contributed by atoms with Gasteiger partial charge in [0.05, 0.1) is 0 Å². The zero-order valence-corrected chi connectivity index (χ0v) is 16.2. The Morgan fingerprint density at radius 2 is 1.55 bits per heavy atom. The van der Waals surface area contributed by atoms with E-state index in [0.717, 1.165) is 11.1 Å². The van der Waals surface area contributed by atoms with E-state index in [9.17, 15) is 9.59 Å². The minimum absolute atomic E-state index is 0.139. The normalized spacial score (nSPS) is 12.2. The molecule has 0 aliphatic carbocycles. The molecule has 1 heterocycles. The van der Waals surface area contributed by atoms with Crippen molar-refractivity contribution in [2.24, 2.45) is 4.99 Å². The first-order chi connectivity index (χ1) is 14.1. The van der Waals surface area contributed by atoms with Gasteiger partial charge in [0.15, 0.2) is 0 Å². The summed E-state index contributed by atoms with van der Waals surface area (Å²) in [6.07, 6.45) is 1.21. The predicted molar refractivity (Wildman–Crippen MR) is 110 cm³/mol. The maximum Gasteiger partial charge on any atom is 0.408 e. The Bertz CT molecular complexity index is 1010. The molecule has 2 amide bonds. The van der Waals surface area contributed by atoms with Gasteiger partial charge in [-0.2, -0.15) is 4.99 Å². The van der Waals surface area contributed by atoms with E-state index in [0.29, 0.717) is 12.0 Å². The van der Waals surface area contributed by atoms with Crippen LogP contribution in [0.15, 0.2) is 90.1 Å². The van der Waals surface area contributed by atoms with Gasteiger partial charge in [0.2, 0.25) is 0 Å². The van der Waals surface area contributed by atoms with Crippen molar-refractivity contribution in [2.45, 2.75) is 26.1 Å². The third kappa shape index (κ3) is 6.17. The molecular weight excluding hydrogens is 366 g/mol. The Morgan fingerprint density at radius 3 is 2.24 bits per heavy atom. The highest BCUT2D eigenvalue weighted by Crippen LogP contribution is 2.02. The van der Waals surface area contributed by atoms with E-state index >= 15 is 0 Å². The highest BCUT2D eigenvalue weighted by Gasteiger charge is 2.16. The van der Waals surface area contributed by atoms with E-state index in [1.807, 2.05) is 83.6 Å². The van der Waals surface area contributed by atoms with Crippen LogP contribution in [0.4, 0.5) is 4.79 Å². The summed E-state index contributed by atoms with van der Waals surface area (Å²) in [5, 5.41) is 2.53. The molecule has 0 bridgehead atoms. The molecule has 0 saturated heterocycles. The molecule has 0 spiro atoms. The minimum Gasteiger partial charge on any atom is -0.445 e. The monoisotopic (exact) mass is 389 g/mol. The molecular formula is C23H23N3O3. The Morgan fingerprint density at radius 1 is 0.931 bits per heavy atom. The van der Waals surface area contributed by atoms with Crippen LogP contribution >= 0.6 is 0 Å². The minimum atomic E-state index is -0.802. The maximum absolute atomic E-state index is 12.5. The molecule has 1 atom stereocenters.